The lowest BCUT2D eigenvalue weighted by atomic mass is 9.99. The van der Waals surface area contributed by atoms with Crippen molar-refractivity contribution in [2.24, 2.45) is 0 Å². The van der Waals surface area contributed by atoms with Crippen LogP contribution in [0.5, 0.6) is 17.2 Å². The Labute approximate surface area is 185 Å². The number of rotatable bonds is 7. The van der Waals surface area contributed by atoms with Gasteiger partial charge in [0.1, 0.15) is 5.69 Å². The van der Waals surface area contributed by atoms with Gasteiger partial charge in [0.15, 0.2) is 17.1 Å². The van der Waals surface area contributed by atoms with Gasteiger partial charge in [-0.1, -0.05) is 12.1 Å². The van der Waals surface area contributed by atoms with E-state index in [0.717, 1.165) is 28.3 Å². The third kappa shape index (κ3) is 4.04. The predicted molar refractivity (Wildman–Crippen MR) is 123 cm³/mol. The molecule has 0 saturated carbocycles. The minimum absolute atomic E-state index is 0.466. The van der Waals surface area contributed by atoms with Crippen molar-refractivity contribution in [3.63, 3.8) is 0 Å². The highest BCUT2D eigenvalue weighted by Gasteiger charge is 2.20. The molecule has 0 radical (unpaired) electrons. The number of anilines is 1. The Morgan fingerprint density at radius 3 is 2.28 bits per heavy atom. The predicted octanol–water partition coefficient (Wildman–Crippen LogP) is 3.69. The van der Waals surface area contributed by atoms with E-state index < -0.39 is 10.0 Å². The summed E-state index contributed by atoms with van der Waals surface area (Å²) in [6.07, 6.45) is 2.79. The Morgan fingerprint density at radius 2 is 1.66 bits per heavy atom. The van der Waals surface area contributed by atoms with Gasteiger partial charge >= 0.3 is 0 Å². The number of nitrogens with zero attached hydrogens (tertiary/aromatic N) is 2. The second-order valence-corrected chi connectivity index (χ2v) is 8.77. The van der Waals surface area contributed by atoms with Crippen LogP contribution in [0.4, 0.5) is 5.69 Å². The molecule has 0 amide bonds. The molecule has 2 heterocycles. The normalized spacial score (nSPS) is 11.4. The van der Waals surface area contributed by atoms with Gasteiger partial charge in [0, 0.05) is 17.4 Å². The first kappa shape index (κ1) is 21.4. The first-order valence-corrected chi connectivity index (χ1v) is 11.5. The second-order valence-electron chi connectivity index (χ2n) is 7.02. The summed E-state index contributed by atoms with van der Waals surface area (Å²) < 4.78 is 42.2. The van der Waals surface area contributed by atoms with E-state index in [1.54, 1.807) is 45.7 Å². The molecule has 0 aliphatic rings. The molecule has 0 spiro atoms. The average molecular weight is 455 g/mol. The molecule has 0 unspecified atom stereocenters. The zero-order valence-corrected chi connectivity index (χ0v) is 18.8. The summed E-state index contributed by atoms with van der Waals surface area (Å²) in [6, 6.07) is 12.6. The number of pyridine rings is 1. The van der Waals surface area contributed by atoms with Crippen LogP contribution in [0, 0.1) is 0 Å². The number of fused-ring (bicyclic) bond motifs is 1. The quantitative estimate of drug-likeness (QED) is 0.438. The number of sulfonamides is 1. The molecule has 0 bridgehead atoms. The highest BCUT2D eigenvalue weighted by molar-refractivity contribution is 7.92. The first-order chi connectivity index (χ1) is 15.3. The fourth-order valence-corrected chi connectivity index (χ4v) is 4.14. The molecular formula is C22H22N4O5S. The summed E-state index contributed by atoms with van der Waals surface area (Å²) in [4.78, 5) is 4.40. The zero-order valence-electron chi connectivity index (χ0n) is 18.0. The number of ether oxygens (including phenoxy) is 3. The van der Waals surface area contributed by atoms with Crippen LogP contribution in [0.25, 0.3) is 33.4 Å². The van der Waals surface area contributed by atoms with E-state index in [1.807, 2.05) is 24.3 Å². The number of hydrogen-bond acceptors (Lipinski definition) is 7. The monoisotopic (exact) mass is 454 g/mol. The van der Waals surface area contributed by atoms with Crippen molar-refractivity contribution in [3.05, 3.63) is 48.7 Å². The van der Waals surface area contributed by atoms with Crippen LogP contribution < -0.4 is 18.9 Å². The highest BCUT2D eigenvalue weighted by atomic mass is 32.2. The van der Waals surface area contributed by atoms with Crippen LogP contribution in [0.15, 0.2) is 48.7 Å². The van der Waals surface area contributed by atoms with Gasteiger partial charge in [-0.15, -0.1) is 0 Å². The average Bonchev–Trinajstić information content (AvgIpc) is 3.21. The molecule has 166 valence electrons. The number of benzene rings is 2. The number of H-pyrrole nitrogens is 1. The van der Waals surface area contributed by atoms with E-state index in [9.17, 15) is 8.42 Å². The highest BCUT2D eigenvalue weighted by Crippen LogP contribution is 2.43. The molecule has 4 aromatic rings. The Hall–Kier alpha value is -3.79. The largest absolute Gasteiger partial charge is 0.493 e. The van der Waals surface area contributed by atoms with Gasteiger partial charge < -0.3 is 14.2 Å². The smallest absolute Gasteiger partial charge is 0.229 e. The standard InChI is InChI=1S/C22H22N4O5S/c1-29-17-11-14(12-18(30-2)21(17)31-3)20-19-16(8-9-23-22(19)25-24-20)13-6-5-7-15(10-13)26-32(4,27)28/h5-12,26H,1-4H3,(H,23,24,25). The molecule has 0 atom stereocenters. The molecule has 2 N–H and O–H groups in total. The number of aromatic amines is 1. The fourth-order valence-electron chi connectivity index (χ4n) is 3.58. The summed E-state index contributed by atoms with van der Waals surface area (Å²) in [5, 5.41) is 8.23. The van der Waals surface area contributed by atoms with Crippen LogP contribution in [-0.4, -0.2) is 51.2 Å². The summed E-state index contributed by atoms with van der Waals surface area (Å²) in [5.41, 5.74) is 4.08. The number of aromatic nitrogens is 3. The van der Waals surface area contributed by atoms with Gasteiger partial charge in [0.25, 0.3) is 0 Å². The van der Waals surface area contributed by atoms with Crippen LogP contribution in [0.3, 0.4) is 0 Å². The maximum absolute atomic E-state index is 11.7. The third-order valence-corrected chi connectivity index (χ3v) is 5.48. The van der Waals surface area contributed by atoms with Gasteiger partial charge in [-0.05, 0) is 41.5 Å². The van der Waals surface area contributed by atoms with E-state index >= 15 is 0 Å². The van der Waals surface area contributed by atoms with Crippen molar-refractivity contribution < 1.29 is 22.6 Å². The summed E-state index contributed by atoms with van der Waals surface area (Å²) in [7, 11) is 1.25. The fraction of sp³-hybridized carbons (Fsp3) is 0.182. The lowest BCUT2D eigenvalue weighted by molar-refractivity contribution is 0.324. The zero-order chi connectivity index (χ0) is 22.9. The Morgan fingerprint density at radius 1 is 0.938 bits per heavy atom. The van der Waals surface area contributed by atoms with Gasteiger partial charge in [-0.25, -0.2) is 13.4 Å². The summed E-state index contributed by atoms with van der Waals surface area (Å²) in [5.74, 6) is 1.49. The molecule has 4 rings (SSSR count). The minimum Gasteiger partial charge on any atom is -0.493 e. The molecular weight excluding hydrogens is 432 g/mol. The Kier molecular flexibility index (Phi) is 5.62. The number of methoxy groups -OCH3 is 3. The van der Waals surface area contributed by atoms with Crippen LogP contribution in [0.2, 0.25) is 0 Å². The van der Waals surface area contributed by atoms with Crippen LogP contribution in [-0.2, 0) is 10.0 Å². The summed E-state index contributed by atoms with van der Waals surface area (Å²) >= 11 is 0. The van der Waals surface area contributed by atoms with Crippen molar-refractivity contribution >= 4 is 26.7 Å². The van der Waals surface area contributed by atoms with Gasteiger partial charge in [0.05, 0.1) is 33.0 Å². The van der Waals surface area contributed by atoms with Crippen molar-refractivity contribution in [2.45, 2.75) is 0 Å². The van der Waals surface area contributed by atoms with Crippen molar-refractivity contribution in [1.82, 2.24) is 15.2 Å². The molecule has 0 fully saturated rings. The molecule has 10 heteroatoms. The van der Waals surface area contributed by atoms with Crippen molar-refractivity contribution in [3.8, 4) is 39.6 Å². The van der Waals surface area contributed by atoms with E-state index in [0.29, 0.717) is 34.3 Å². The Bertz CT molecular complexity index is 1370. The van der Waals surface area contributed by atoms with E-state index in [1.165, 1.54) is 0 Å². The minimum atomic E-state index is -3.40. The maximum atomic E-state index is 11.7. The molecule has 0 aliphatic carbocycles. The third-order valence-electron chi connectivity index (χ3n) is 4.88. The second kappa shape index (κ2) is 8.39. The molecule has 2 aromatic carbocycles. The van der Waals surface area contributed by atoms with Gasteiger partial charge in [-0.2, -0.15) is 5.10 Å². The number of nitrogens with one attached hydrogen (secondary N) is 2. The SMILES string of the molecule is COc1cc(-c2n[nH]c3nccc(-c4cccc(NS(C)(=O)=O)c4)c23)cc(OC)c1OC. The molecule has 0 saturated heterocycles. The first-order valence-electron chi connectivity index (χ1n) is 9.56. The topological polar surface area (TPSA) is 115 Å². The van der Waals surface area contributed by atoms with E-state index in [2.05, 4.69) is 19.9 Å². The molecule has 32 heavy (non-hydrogen) atoms. The van der Waals surface area contributed by atoms with E-state index in [4.69, 9.17) is 14.2 Å². The lowest BCUT2D eigenvalue weighted by Gasteiger charge is -2.14. The number of hydrogen-bond donors (Lipinski definition) is 2. The Balaban J connectivity index is 1.92. The van der Waals surface area contributed by atoms with Crippen LogP contribution in [0.1, 0.15) is 0 Å². The molecule has 0 aliphatic heterocycles. The van der Waals surface area contributed by atoms with Crippen molar-refractivity contribution in [2.75, 3.05) is 32.3 Å². The molecule has 2 aromatic heterocycles. The van der Waals surface area contributed by atoms with E-state index in [-0.39, 0.29) is 0 Å². The molecule has 9 nitrogen and oxygen atoms in total. The summed E-state index contributed by atoms with van der Waals surface area (Å²) in [6.45, 7) is 0. The van der Waals surface area contributed by atoms with Gasteiger partial charge in [-0.3, -0.25) is 9.82 Å². The lowest BCUT2D eigenvalue weighted by Crippen LogP contribution is -2.09. The maximum Gasteiger partial charge on any atom is 0.229 e. The van der Waals surface area contributed by atoms with Crippen LogP contribution >= 0.6 is 0 Å². The van der Waals surface area contributed by atoms with Gasteiger partial charge in [0.2, 0.25) is 15.8 Å². The van der Waals surface area contributed by atoms with Crippen molar-refractivity contribution in [1.29, 1.82) is 0 Å².